The van der Waals surface area contributed by atoms with Gasteiger partial charge in [0.05, 0.1) is 13.0 Å². The van der Waals surface area contributed by atoms with Gasteiger partial charge in [0, 0.05) is 44.3 Å². The van der Waals surface area contributed by atoms with Crippen LogP contribution < -0.4 is 10.2 Å². The largest absolute Gasteiger partial charge is 0.368 e. The van der Waals surface area contributed by atoms with Crippen molar-refractivity contribution in [3.63, 3.8) is 0 Å². The van der Waals surface area contributed by atoms with Crippen LogP contribution in [0.3, 0.4) is 0 Å². The van der Waals surface area contributed by atoms with E-state index in [4.69, 9.17) is 0 Å². The van der Waals surface area contributed by atoms with Crippen molar-refractivity contribution in [2.75, 3.05) is 37.6 Å². The summed E-state index contributed by atoms with van der Waals surface area (Å²) in [5, 5.41) is 4.97. The van der Waals surface area contributed by atoms with Crippen molar-refractivity contribution >= 4 is 28.3 Å². The molecule has 0 radical (unpaired) electrons. The molecule has 29 heavy (non-hydrogen) atoms. The molecule has 0 spiro atoms. The number of rotatable bonds is 5. The van der Waals surface area contributed by atoms with Crippen LogP contribution in [-0.2, 0) is 16.0 Å². The summed E-state index contributed by atoms with van der Waals surface area (Å²) in [5.41, 5.74) is 2.09. The Balaban J connectivity index is 1.27. The van der Waals surface area contributed by atoms with Gasteiger partial charge in [0.15, 0.2) is 0 Å². The van der Waals surface area contributed by atoms with Gasteiger partial charge in [-0.25, -0.2) is 0 Å². The summed E-state index contributed by atoms with van der Waals surface area (Å²) >= 11 is 0. The van der Waals surface area contributed by atoms with Crippen molar-refractivity contribution in [2.45, 2.75) is 6.42 Å². The molecule has 0 aliphatic carbocycles. The quantitative estimate of drug-likeness (QED) is 0.728. The third-order valence-electron chi connectivity index (χ3n) is 5.33. The van der Waals surface area contributed by atoms with Gasteiger partial charge in [0.1, 0.15) is 0 Å². The molecule has 2 amide bonds. The fourth-order valence-electron chi connectivity index (χ4n) is 3.74. The molecule has 1 saturated heterocycles. The van der Waals surface area contributed by atoms with E-state index in [2.05, 4.69) is 15.2 Å². The Kier molecular flexibility index (Phi) is 5.70. The number of benzene rings is 2. The third kappa shape index (κ3) is 4.54. The Morgan fingerprint density at radius 2 is 1.62 bits per heavy atom. The zero-order chi connectivity index (χ0) is 20.1. The van der Waals surface area contributed by atoms with Gasteiger partial charge in [-0.15, -0.1) is 0 Å². The first-order valence-electron chi connectivity index (χ1n) is 9.87. The van der Waals surface area contributed by atoms with E-state index in [1.54, 1.807) is 12.4 Å². The van der Waals surface area contributed by atoms with Crippen LogP contribution in [0.1, 0.15) is 5.56 Å². The molecule has 0 bridgehead atoms. The van der Waals surface area contributed by atoms with Crippen LogP contribution in [0.2, 0.25) is 0 Å². The van der Waals surface area contributed by atoms with Crippen LogP contribution in [-0.4, -0.2) is 54.4 Å². The smallest absolute Gasteiger partial charge is 0.242 e. The number of carbonyl (C=O) groups excluding carboxylic acids is 2. The van der Waals surface area contributed by atoms with Crippen molar-refractivity contribution in [3.8, 4) is 0 Å². The van der Waals surface area contributed by atoms with Crippen LogP contribution in [0.15, 0.2) is 67.0 Å². The Morgan fingerprint density at radius 3 is 2.41 bits per heavy atom. The highest BCUT2D eigenvalue weighted by Gasteiger charge is 2.21. The van der Waals surface area contributed by atoms with Crippen LogP contribution in [0.5, 0.6) is 0 Å². The van der Waals surface area contributed by atoms with E-state index < -0.39 is 0 Å². The SMILES string of the molecule is O=C(Cc1cccc2ccccc12)NCC(=O)N1CCN(c2ccncc2)CC1. The first-order chi connectivity index (χ1) is 14.2. The minimum absolute atomic E-state index is 0.0364. The number of nitrogens with one attached hydrogen (secondary N) is 1. The molecule has 1 aliphatic rings. The first-order valence-corrected chi connectivity index (χ1v) is 9.87. The molecule has 148 valence electrons. The average molecular weight is 388 g/mol. The van der Waals surface area contributed by atoms with Gasteiger partial charge in [0.25, 0.3) is 0 Å². The molecular formula is C23H24N4O2. The Hall–Kier alpha value is -3.41. The number of pyridine rings is 1. The second-order valence-electron chi connectivity index (χ2n) is 7.17. The second-order valence-corrected chi connectivity index (χ2v) is 7.17. The lowest BCUT2D eigenvalue weighted by molar-refractivity contribution is -0.133. The molecule has 1 aromatic heterocycles. The van der Waals surface area contributed by atoms with Crippen molar-refractivity contribution in [2.24, 2.45) is 0 Å². The van der Waals surface area contributed by atoms with E-state index in [0.717, 1.165) is 35.1 Å². The number of nitrogens with zero attached hydrogens (tertiary/aromatic N) is 3. The van der Waals surface area contributed by atoms with E-state index in [9.17, 15) is 9.59 Å². The molecule has 4 rings (SSSR count). The van der Waals surface area contributed by atoms with Crippen LogP contribution >= 0.6 is 0 Å². The molecule has 2 heterocycles. The number of fused-ring (bicyclic) bond motifs is 1. The fraction of sp³-hybridized carbons (Fsp3) is 0.261. The summed E-state index contributed by atoms with van der Waals surface area (Å²) in [6.45, 7) is 2.90. The van der Waals surface area contributed by atoms with Crippen molar-refractivity contribution in [1.29, 1.82) is 0 Å². The van der Waals surface area contributed by atoms with E-state index in [0.29, 0.717) is 13.1 Å². The molecule has 3 aromatic rings. The van der Waals surface area contributed by atoms with E-state index in [-0.39, 0.29) is 24.8 Å². The normalized spacial score (nSPS) is 14.1. The Bertz CT molecular complexity index is 993. The van der Waals surface area contributed by atoms with Gasteiger partial charge >= 0.3 is 0 Å². The molecule has 1 fully saturated rings. The summed E-state index contributed by atoms with van der Waals surface area (Å²) in [4.78, 5) is 33.0. The van der Waals surface area contributed by atoms with Gasteiger partial charge in [0.2, 0.25) is 11.8 Å². The Morgan fingerprint density at radius 1 is 0.897 bits per heavy atom. The summed E-state index contributed by atoms with van der Waals surface area (Å²) in [5.74, 6) is -0.171. The maximum absolute atomic E-state index is 12.5. The van der Waals surface area contributed by atoms with Gasteiger partial charge < -0.3 is 15.1 Å². The standard InChI is InChI=1S/C23H24N4O2/c28-22(16-19-6-3-5-18-4-1-2-7-21(18)19)25-17-23(29)27-14-12-26(13-15-27)20-8-10-24-11-9-20/h1-11H,12-17H2,(H,25,28). The first kappa shape index (κ1) is 18.9. The van der Waals surface area contributed by atoms with Gasteiger partial charge in [-0.2, -0.15) is 0 Å². The monoisotopic (exact) mass is 388 g/mol. The highest BCUT2D eigenvalue weighted by atomic mass is 16.2. The molecule has 2 aromatic carbocycles. The molecule has 1 N–H and O–H groups in total. The van der Waals surface area contributed by atoms with Crippen LogP contribution in [0.25, 0.3) is 10.8 Å². The summed E-state index contributed by atoms with van der Waals surface area (Å²) < 4.78 is 0. The predicted octanol–water partition coefficient (Wildman–Crippen LogP) is 2.24. The maximum Gasteiger partial charge on any atom is 0.242 e. The minimum atomic E-state index is -0.134. The lowest BCUT2D eigenvalue weighted by Crippen LogP contribution is -2.51. The van der Waals surface area contributed by atoms with Gasteiger partial charge in [-0.3, -0.25) is 14.6 Å². The van der Waals surface area contributed by atoms with E-state index >= 15 is 0 Å². The lowest BCUT2D eigenvalue weighted by Gasteiger charge is -2.36. The number of amides is 2. The highest BCUT2D eigenvalue weighted by molar-refractivity contribution is 5.91. The number of carbonyl (C=O) groups is 2. The zero-order valence-corrected chi connectivity index (χ0v) is 16.3. The maximum atomic E-state index is 12.5. The number of piperazine rings is 1. The lowest BCUT2D eigenvalue weighted by atomic mass is 10.0. The van der Waals surface area contributed by atoms with Gasteiger partial charge in [-0.05, 0) is 28.5 Å². The predicted molar refractivity (Wildman–Crippen MR) is 114 cm³/mol. The minimum Gasteiger partial charge on any atom is -0.368 e. The molecular weight excluding hydrogens is 364 g/mol. The van der Waals surface area contributed by atoms with Crippen molar-refractivity contribution in [3.05, 3.63) is 72.6 Å². The zero-order valence-electron chi connectivity index (χ0n) is 16.3. The van der Waals surface area contributed by atoms with Crippen molar-refractivity contribution in [1.82, 2.24) is 15.2 Å². The number of anilines is 1. The topological polar surface area (TPSA) is 65.5 Å². The second kappa shape index (κ2) is 8.73. The van der Waals surface area contributed by atoms with Gasteiger partial charge in [-0.1, -0.05) is 42.5 Å². The summed E-state index contributed by atoms with van der Waals surface area (Å²) in [6.07, 6.45) is 3.82. The Labute approximate surface area is 170 Å². The van der Waals surface area contributed by atoms with E-state index in [1.807, 2.05) is 59.5 Å². The van der Waals surface area contributed by atoms with Crippen molar-refractivity contribution < 1.29 is 9.59 Å². The molecule has 6 nitrogen and oxygen atoms in total. The van der Waals surface area contributed by atoms with Crippen LogP contribution in [0, 0.1) is 0 Å². The molecule has 1 aliphatic heterocycles. The number of hydrogen-bond acceptors (Lipinski definition) is 4. The molecule has 0 saturated carbocycles. The number of hydrogen-bond donors (Lipinski definition) is 1. The molecule has 0 atom stereocenters. The summed E-state index contributed by atoms with van der Waals surface area (Å²) in [7, 11) is 0. The average Bonchev–Trinajstić information content (AvgIpc) is 2.78. The van der Waals surface area contributed by atoms with E-state index in [1.165, 1.54) is 0 Å². The molecule has 6 heteroatoms. The number of aromatic nitrogens is 1. The fourth-order valence-corrected chi connectivity index (χ4v) is 3.74. The van der Waals surface area contributed by atoms with Crippen LogP contribution in [0.4, 0.5) is 5.69 Å². The third-order valence-corrected chi connectivity index (χ3v) is 5.33. The highest BCUT2D eigenvalue weighted by Crippen LogP contribution is 2.19. The molecule has 0 unspecified atom stereocenters. The summed E-state index contributed by atoms with van der Waals surface area (Å²) in [6, 6.07) is 17.9.